The molecular formula is C15H23N3O3. The molecule has 0 aliphatic rings. The number of hydrogen-bond donors (Lipinski definition) is 4. The van der Waals surface area contributed by atoms with Crippen LogP contribution in [0.4, 0.5) is 0 Å². The largest absolute Gasteiger partial charge is 0.508 e. The summed E-state index contributed by atoms with van der Waals surface area (Å²) in [6, 6.07) is 4.88. The second-order valence-electron chi connectivity index (χ2n) is 5.25. The van der Waals surface area contributed by atoms with Crippen LogP contribution in [-0.2, 0) is 16.0 Å². The molecule has 0 unspecified atom stereocenters. The number of phenolic OH excluding ortho intramolecular Hbond substituents is 1. The van der Waals surface area contributed by atoms with Gasteiger partial charge in [0.25, 0.3) is 0 Å². The van der Waals surface area contributed by atoms with Crippen molar-refractivity contribution in [1.29, 1.82) is 0 Å². The van der Waals surface area contributed by atoms with Gasteiger partial charge in [0.2, 0.25) is 11.8 Å². The van der Waals surface area contributed by atoms with Gasteiger partial charge in [-0.1, -0.05) is 32.4 Å². The number of carbonyl (C=O) groups excluding carboxylic acids is 2. The number of phenols is 1. The molecule has 2 amide bonds. The van der Waals surface area contributed by atoms with E-state index in [9.17, 15) is 14.7 Å². The second kappa shape index (κ2) is 7.64. The van der Waals surface area contributed by atoms with Gasteiger partial charge in [0.05, 0.1) is 6.04 Å². The Morgan fingerprint density at radius 1 is 1.29 bits per heavy atom. The first-order chi connectivity index (χ1) is 9.85. The number of primary amides is 1. The third kappa shape index (κ3) is 5.07. The van der Waals surface area contributed by atoms with Gasteiger partial charge in [-0.2, -0.15) is 0 Å². The first-order valence-corrected chi connectivity index (χ1v) is 6.98. The van der Waals surface area contributed by atoms with E-state index < -0.39 is 18.0 Å². The number of nitrogens with one attached hydrogen (secondary N) is 1. The van der Waals surface area contributed by atoms with Crippen LogP contribution in [0.1, 0.15) is 25.8 Å². The van der Waals surface area contributed by atoms with E-state index in [0.29, 0.717) is 0 Å². The second-order valence-corrected chi connectivity index (χ2v) is 5.25. The molecule has 0 bridgehead atoms. The van der Waals surface area contributed by atoms with Gasteiger partial charge in [-0.25, -0.2) is 0 Å². The maximum Gasteiger partial charge on any atom is 0.240 e. The van der Waals surface area contributed by atoms with Crippen LogP contribution < -0.4 is 16.8 Å². The van der Waals surface area contributed by atoms with Gasteiger partial charge in [-0.15, -0.1) is 0 Å². The third-order valence-corrected chi connectivity index (χ3v) is 3.60. The van der Waals surface area contributed by atoms with Crippen molar-refractivity contribution in [2.75, 3.05) is 0 Å². The monoisotopic (exact) mass is 293 g/mol. The molecule has 6 nitrogen and oxygen atoms in total. The minimum Gasteiger partial charge on any atom is -0.508 e. The molecule has 0 aromatic heterocycles. The fourth-order valence-electron chi connectivity index (χ4n) is 1.87. The van der Waals surface area contributed by atoms with E-state index in [0.717, 1.165) is 12.0 Å². The lowest BCUT2D eigenvalue weighted by Crippen LogP contribution is -2.53. The predicted molar refractivity (Wildman–Crippen MR) is 80.4 cm³/mol. The fourth-order valence-corrected chi connectivity index (χ4v) is 1.87. The van der Waals surface area contributed by atoms with Crippen LogP contribution in [0.15, 0.2) is 24.3 Å². The first-order valence-electron chi connectivity index (χ1n) is 6.98. The molecule has 0 heterocycles. The molecule has 0 aliphatic heterocycles. The summed E-state index contributed by atoms with van der Waals surface area (Å²) in [5, 5.41) is 11.8. The zero-order valence-electron chi connectivity index (χ0n) is 12.4. The Labute approximate surface area is 124 Å². The highest BCUT2D eigenvalue weighted by molar-refractivity contribution is 5.89. The number of benzene rings is 1. The zero-order chi connectivity index (χ0) is 16.0. The van der Waals surface area contributed by atoms with Crippen molar-refractivity contribution in [2.45, 2.75) is 38.8 Å². The van der Waals surface area contributed by atoms with Crippen molar-refractivity contribution < 1.29 is 14.7 Å². The van der Waals surface area contributed by atoms with Crippen molar-refractivity contribution in [3.8, 4) is 5.75 Å². The predicted octanol–water partition coefficient (Wildman–Crippen LogP) is 0.278. The number of hydrogen-bond acceptors (Lipinski definition) is 4. The highest BCUT2D eigenvalue weighted by Gasteiger charge is 2.24. The number of nitrogens with two attached hydrogens (primary N) is 2. The maximum absolute atomic E-state index is 12.0. The summed E-state index contributed by atoms with van der Waals surface area (Å²) < 4.78 is 0. The molecule has 6 heteroatoms. The number of rotatable bonds is 7. The molecule has 1 aromatic rings. The van der Waals surface area contributed by atoms with Crippen molar-refractivity contribution in [3.05, 3.63) is 29.8 Å². The van der Waals surface area contributed by atoms with E-state index in [2.05, 4.69) is 5.32 Å². The summed E-state index contributed by atoms with van der Waals surface area (Å²) in [4.78, 5) is 23.5. The molecule has 0 radical (unpaired) electrons. The van der Waals surface area contributed by atoms with E-state index in [1.807, 2.05) is 13.8 Å². The van der Waals surface area contributed by atoms with Crippen LogP contribution >= 0.6 is 0 Å². The molecule has 21 heavy (non-hydrogen) atoms. The lowest BCUT2D eigenvalue weighted by molar-refractivity contribution is -0.128. The van der Waals surface area contributed by atoms with E-state index in [4.69, 9.17) is 11.5 Å². The summed E-state index contributed by atoms with van der Waals surface area (Å²) in [7, 11) is 0. The number of amides is 2. The average molecular weight is 293 g/mol. The number of carbonyl (C=O) groups is 2. The Morgan fingerprint density at radius 3 is 2.33 bits per heavy atom. The molecule has 0 saturated carbocycles. The average Bonchev–Trinajstić information content (AvgIpc) is 2.46. The van der Waals surface area contributed by atoms with Gasteiger partial charge < -0.3 is 21.9 Å². The van der Waals surface area contributed by atoms with E-state index >= 15 is 0 Å². The third-order valence-electron chi connectivity index (χ3n) is 3.60. The minimum absolute atomic E-state index is 0.0206. The Balaban J connectivity index is 2.72. The molecule has 0 saturated heterocycles. The zero-order valence-corrected chi connectivity index (χ0v) is 12.4. The van der Waals surface area contributed by atoms with Crippen LogP contribution in [-0.4, -0.2) is 29.0 Å². The maximum atomic E-state index is 12.0. The molecule has 0 fully saturated rings. The van der Waals surface area contributed by atoms with Crippen molar-refractivity contribution in [1.82, 2.24) is 5.32 Å². The minimum atomic E-state index is -0.822. The standard InChI is InChI=1S/C15H23N3O3/c1-3-9(2)13(16)15(21)18-12(14(17)20)8-10-4-6-11(19)7-5-10/h4-7,9,12-13,19H,3,8,16H2,1-2H3,(H2,17,20)(H,18,21)/t9-,12-,13+/m0/s1. The quantitative estimate of drug-likeness (QED) is 0.577. The van der Waals surface area contributed by atoms with Gasteiger partial charge in [-0.05, 0) is 23.6 Å². The fraction of sp³-hybridized carbons (Fsp3) is 0.467. The van der Waals surface area contributed by atoms with Crippen molar-refractivity contribution >= 4 is 11.8 Å². The first kappa shape index (κ1) is 17.0. The Hall–Kier alpha value is -2.08. The topological polar surface area (TPSA) is 118 Å². The van der Waals surface area contributed by atoms with Crippen LogP contribution in [0.3, 0.4) is 0 Å². The van der Waals surface area contributed by atoms with Gasteiger partial charge >= 0.3 is 0 Å². The Morgan fingerprint density at radius 2 is 1.86 bits per heavy atom. The molecule has 0 aliphatic carbocycles. The SMILES string of the molecule is CC[C@H](C)[C@@H](N)C(=O)N[C@@H](Cc1ccc(O)cc1)C(N)=O. The lowest BCUT2D eigenvalue weighted by Gasteiger charge is -2.21. The Bertz CT molecular complexity index is 487. The lowest BCUT2D eigenvalue weighted by atomic mass is 9.98. The van der Waals surface area contributed by atoms with Gasteiger partial charge in [-0.3, -0.25) is 9.59 Å². The summed E-state index contributed by atoms with van der Waals surface area (Å²) in [5.41, 5.74) is 11.9. The summed E-state index contributed by atoms with van der Waals surface area (Å²) in [5.74, 6) is -0.843. The molecule has 3 atom stereocenters. The van der Waals surface area contributed by atoms with Crippen LogP contribution in [0, 0.1) is 5.92 Å². The smallest absolute Gasteiger partial charge is 0.240 e. The van der Waals surface area contributed by atoms with Crippen molar-refractivity contribution in [3.63, 3.8) is 0 Å². The molecule has 116 valence electrons. The highest BCUT2D eigenvalue weighted by atomic mass is 16.3. The molecule has 1 rings (SSSR count). The summed E-state index contributed by atoms with van der Waals surface area (Å²) >= 11 is 0. The summed E-state index contributed by atoms with van der Waals surface area (Å²) in [6.45, 7) is 3.82. The highest BCUT2D eigenvalue weighted by Crippen LogP contribution is 2.12. The molecule has 0 spiro atoms. The van der Waals surface area contributed by atoms with E-state index in [1.54, 1.807) is 12.1 Å². The van der Waals surface area contributed by atoms with Crippen LogP contribution in [0.2, 0.25) is 0 Å². The molecule has 6 N–H and O–H groups in total. The van der Waals surface area contributed by atoms with Gasteiger partial charge in [0.1, 0.15) is 11.8 Å². The van der Waals surface area contributed by atoms with E-state index in [1.165, 1.54) is 12.1 Å². The van der Waals surface area contributed by atoms with Crippen molar-refractivity contribution in [2.24, 2.45) is 17.4 Å². The van der Waals surface area contributed by atoms with Crippen LogP contribution in [0.5, 0.6) is 5.75 Å². The summed E-state index contributed by atoms with van der Waals surface area (Å²) in [6.07, 6.45) is 1.03. The van der Waals surface area contributed by atoms with Gasteiger partial charge in [0, 0.05) is 6.42 Å². The molecule has 1 aromatic carbocycles. The number of aromatic hydroxyl groups is 1. The Kier molecular flexibility index (Phi) is 6.17. The van der Waals surface area contributed by atoms with Gasteiger partial charge in [0.15, 0.2) is 0 Å². The molecular weight excluding hydrogens is 270 g/mol. The van der Waals surface area contributed by atoms with E-state index in [-0.39, 0.29) is 24.0 Å². The van der Waals surface area contributed by atoms with Crippen LogP contribution in [0.25, 0.3) is 0 Å². The normalized spacial score (nSPS) is 15.0.